The van der Waals surface area contributed by atoms with Gasteiger partial charge < -0.3 is 14.3 Å². The molecule has 1 aromatic heterocycles. The molecule has 2 aromatic rings. The number of aliphatic carboxylic acids is 1. The molecule has 1 aliphatic heterocycles. The summed E-state index contributed by atoms with van der Waals surface area (Å²) in [5.74, 6) is -1.67. The van der Waals surface area contributed by atoms with Crippen LogP contribution >= 0.6 is 0 Å². The van der Waals surface area contributed by atoms with Crippen molar-refractivity contribution >= 4 is 28.8 Å². The number of hydrogen-bond acceptors (Lipinski definition) is 5. The lowest BCUT2D eigenvalue weighted by Crippen LogP contribution is -2.27. The SMILES string of the molecule is CCn1c(=O)oc2cc(N3CC(C(=O)O)OC3=O)ccc21. The molecule has 3 rings (SSSR count). The fourth-order valence-electron chi connectivity index (χ4n) is 2.32. The van der Waals surface area contributed by atoms with Crippen LogP contribution in [0.2, 0.25) is 0 Å². The first-order chi connectivity index (χ1) is 10.0. The molecule has 1 amide bonds. The van der Waals surface area contributed by atoms with Crippen molar-refractivity contribution in [2.24, 2.45) is 0 Å². The van der Waals surface area contributed by atoms with E-state index in [0.717, 1.165) is 0 Å². The lowest BCUT2D eigenvalue weighted by Gasteiger charge is -2.12. The highest BCUT2D eigenvalue weighted by Crippen LogP contribution is 2.25. The zero-order valence-electron chi connectivity index (χ0n) is 11.1. The molecule has 0 bridgehead atoms. The summed E-state index contributed by atoms with van der Waals surface area (Å²) in [4.78, 5) is 35.4. The third-order valence-electron chi connectivity index (χ3n) is 3.37. The second kappa shape index (κ2) is 4.65. The number of carbonyl (C=O) groups excluding carboxylic acids is 1. The molecule has 1 atom stereocenters. The molecule has 1 N–H and O–H groups in total. The van der Waals surface area contributed by atoms with E-state index in [2.05, 4.69) is 0 Å². The summed E-state index contributed by atoms with van der Waals surface area (Å²) in [6, 6.07) is 4.80. The summed E-state index contributed by atoms with van der Waals surface area (Å²) in [6.07, 6.45) is -1.93. The predicted molar refractivity (Wildman–Crippen MR) is 71.4 cm³/mol. The van der Waals surface area contributed by atoms with Crippen LogP contribution in [-0.4, -0.2) is 34.4 Å². The van der Waals surface area contributed by atoms with E-state index in [9.17, 15) is 14.4 Å². The molecule has 110 valence electrons. The van der Waals surface area contributed by atoms with E-state index in [0.29, 0.717) is 23.3 Å². The van der Waals surface area contributed by atoms with Crippen LogP contribution in [0.5, 0.6) is 0 Å². The van der Waals surface area contributed by atoms with Gasteiger partial charge in [0.05, 0.1) is 17.7 Å². The predicted octanol–water partition coefficient (Wildman–Crippen LogP) is 1.02. The molecule has 0 spiro atoms. The van der Waals surface area contributed by atoms with Gasteiger partial charge in [0, 0.05) is 12.6 Å². The number of carboxylic acids is 1. The van der Waals surface area contributed by atoms with Crippen LogP contribution in [0.3, 0.4) is 0 Å². The van der Waals surface area contributed by atoms with Gasteiger partial charge in [0.1, 0.15) is 0 Å². The second-order valence-corrected chi connectivity index (χ2v) is 4.59. The van der Waals surface area contributed by atoms with Gasteiger partial charge in [0.2, 0.25) is 6.10 Å². The van der Waals surface area contributed by atoms with Gasteiger partial charge in [-0.15, -0.1) is 0 Å². The summed E-state index contributed by atoms with van der Waals surface area (Å²) in [6.45, 7) is 2.20. The molecule has 8 nitrogen and oxygen atoms in total. The molecule has 2 heterocycles. The minimum atomic E-state index is -1.20. The number of oxazole rings is 1. The standard InChI is InChI=1S/C13H12N2O6/c1-2-14-8-4-3-7(5-9(8)20-12(14)18)15-6-10(11(16)17)21-13(15)19/h3-5,10H,2,6H2,1H3,(H,16,17). The van der Waals surface area contributed by atoms with E-state index in [-0.39, 0.29) is 6.54 Å². The maximum absolute atomic E-state index is 11.7. The van der Waals surface area contributed by atoms with Crippen molar-refractivity contribution in [2.45, 2.75) is 19.6 Å². The number of fused-ring (bicyclic) bond motifs is 1. The van der Waals surface area contributed by atoms with Gasteiger partial charge in [-0.3, -0.25) is 9.47 Å². The molecule has 1 aliphatic rings. The molecule has 1 aromatic carbocycles. The van der Waals surface area contributed by atoms with Crippen molar-refractivity contribution in [3.63, 3.8) is 0 Å². The molecule has 1 fully saturated rings. The van der Waals surface area contributed by atoms with Crippen LogP contribution in [0, 0.1) is 0 Å². The maximum atomic E-state index is 11.7. The van der Waals surface area contributed by atoms with Crippen molar-refractivity contribution in [3.8, 4) is 0 Å². The minimum Gasteiger partial charge on any atom is -0.478 e. The van der Waals surface area contributed by atoms with Gasteiger partial charge in [0.15, 0.2) is 5.58 Å². The van der Waals surface area contributed by atoms with Crippen molar-refractivity contribution < 1.29 is 23.8 Å². The van der Waals surface area contributed by atoms with Crippen molar-refractivity contribution in [1.29, 1.82) is 0 Å². The first kappa shape index (κ1) is 13.2. The van der Waals surface area contributed by atoms with Gasteiger partial charge in [0.25, 0.3) is 0 Å². The number of ether oxygens (including phenoxy) is 1. The topological polar surface area (TPSA) is 102 Å². The first-order valence-corrected chi connectivity index (χ1v) is 6.35. The summed E-state index contributed by atoms with van der Waals surface area (Å²) < 4.78 is 11.3. The van der Waals surface area contributed by atoms with E-state index in [1.807, 2.05) is 6.92 Å². The van der Waals surface area contributed by atoms with E-state index < -0.39 is 23.9 Å². The number of carbonyl (C=O) groups is 2. The van der Waals surface area contributed by atoms with Gasteiger partial charge in [-0.2, -0.15) is 0 Å². The Bertz CT molecular complexity index is 790. The normalized spacial score (nSPS) is 18.2. The molecule has 0 aliphatic carbocycles. The Kier molecular flexibility index (Phi) is 2.93. The maximum Gasteiger partial charge on any atom is 0.419 e. The second-order valence-electron chi connectivity index (χ2n) is 4.59. The summed E-state index contributed by atoms with van der Waals surface area (Å²) >= 11 is 0. The van der Waals surface area contributed by atoms with Crippen LogP contribution in [-0.2, 0) is 16.1 Å². The number of amides is 1. The summed E-state index contributed by atoms with van der Waals surface area (Å²) in [5.41, 5.74) is 1.38. The largest absolute Gasteiger partial charge is 0.478 e. The number of nitrogens with zero attached hydrogens (tertiary/aromatic N) is 2. The lowest BCUT2D eigenvalue weighted by molar-refractivity contribution is -0.144. The van der Waals surface area contributed by atoms with Crippen LogP contribution in [0.1, 0.15) is 6.92 Å². The van der Waals surface area contributed by atoms with Crippen LogP contribution < -0.4 is 10.7 Å². The zero-order chi connectivity index (χ0) is 15.1. The highest BCUT2D eigenvalue weighted by molar-refractivity contribution is 5.95. The number of hydrogen-bond donors (Lipinski definition) is 1. The fourth-order valence-corrected chi connectivity index (χ4v) is 2.32. The van der Waals surface area contributed by atoms with Crippen LogP contribution in [0.15, 0.2) is 27.4 Å². The quantitative estimate of drug-likeness (QED) is 0.906. The molecular weight excluding hydrogens is 280 g/mol. The Hall–Kier alpha value is -2.77. The third kappa shape index (κ3) is 2.04. The van der Waals surface area contributed by atoms with Crippen LogP contribution in [0.25, 0.3) is 11.1 Å². The smallest absolute Gasteiger partial charge is 0.419 e. The number of benzene rings is 1. The number of rotatable bonds is 3. The molecule has 1 saturated heterocycles. The van der Waals surface area contributed by atoms with Gasteiger partial charge >= 0.3 is 17.8 Å². The van der Waals surface area contributed by atoms with Gasteiger partial charge in [-0.25, -0.2) is 14.4 Å². The molecule has 8 heteroatoms. The summed E-state index contributed by atoms with van der Waals surface area (Å²) in [7, 11) is 0. The number of aryl methyl sites for hydroxylation is 1. The first-order valence-electron chi connectivity index (χ1n) is 6.35. The van der Waals surface area contributed by atoms with E-state index in [1.165, 1.54) is 15.5 Å². The average Bonchev–Trinajstić information content (AvgIpc) is 2.97. The molecular formula is C13H12N2O6. The Morgan fingerprint density at radius 2 is 2.19 bits per heavy atom. The Labute approximate surface area is 118 Å². The Balaban J connectivity index is 2.00. The number of carboxylic acid groups (broad SMARTS) is 1. The minimum absolute atomic E-state index is 0.0849. The molecule has 0 radical (unpaired) electrons. The van der Waals surface area contributed by atoms with E-state index >= 15 is 0 Å². The Morgan fingerprint density at radius 3 is 2.81 bits per heavy atom. The van der Waals surface area contributed by atoms with E-state index in [1.54, 1.807) is 12.1 Å². The van der Waals surface area contributed by atoms with Crippen molar-refractivity contribution in [2.75, 3.05) is 11.4 Å². The van der Waals surface area contributed by atoms with E-state index in [4.69, 9.17) is 14.3 Å². The molecule has 21 heavy (non-hydrogen) atoms. The number of anilines is 1. The van der Waals surface area contributed by atoms with Crippen molar-refractivity contribution in [1.82, 2.24) is 4.57 Å². The number of cyclic esters (lactones) is 1. The van der Waals surface area contributed by atoms with Gasteiger partial charge in [-0.05, 0) is 19.1 Å². The summed E-state index contributed by atoms with van der Waals surface area (Å²) in [5, 5.41) is 8.87. The highest BCUT2D eigenvalue weighted by Gasteiger charge is 2.37. The van der Waals surface area contributed by atoms with Crippen LogP contribution in [0.4, 0.5) is 10.5 Å². The fraction of sp³-hybridized carbons (Fsp3) is 0.308. The lowest BCUT2D eigenvalue weighted by atomic mass is 10.2. The van der Waals surface area contributed by atoms with Crippen molar-refractivity contribution in [3.05, 3.63) is 28.7 Å². The molecule has 1 unspecified atom stereocenters. The Morgan fingerprint density at radius 1 is 1.43 bits per heavy atom. The average molecular weight is 292 g/mol. The molecule has 0 saturated carbocycles. The zero-order valence-corrected chi connectivity index (χ0v) is 11.1. The van der Waals surface area contributed by atoms with Gasteiger partial charge in [-0.1, -0.05) is 0 Å². The third-order valence-corrected chi connectivity index (χ3v) is 3.37. The highest BCUT2D eigenvalue weighted by atomic mass is 16.6. The number of aromatic nitrogens is 1. The monoisotopic (exact) mass is 292 g/mol.